The van der Waals surface area contributed by atoms with Crippen LogP contribution in [-0.2, 0) is 14.2 Å². The first kappa shape index (κ1) is 19.3. The molecule has 5 aliphatic rings. The number of rotatable bonds is 2. The fourth-order valence-corrected chi connectivity index (χ4v) is 6.76. The Morgan fingerprint density at radius 1 is 1.07 bits per heavy atom. The molecule has 1 N–H and O–H groups in total. The fourth-order valence-electron chi connectivity index (χ4n) is 6.76. The van der Waals surface area contributed by atoms with Crippen LogP contribution in [0.3, 0.4) is 0 Å². The Hall–Kier alpha value is -0.680. The van der Waals surface area contributed by atoms with Gasteiger partial charge in [0.25, 0.3) is 0 Å². The van der Waals surface area contributed by atoms with E-state index in [4.69, 9.17) is 14.2 Å². The summed E-state index contributed by atoms with van der Waals surface area (Å²) in [5.74, 6) is -0.290. The van der Waals surface area contributed by atoms with Crippen LogP contribution in [0.4, 0.5) is 0 Å². The Morgan fingerprint density at radius 2 is 1.75 bits per heavy atom. The zero-order chi connectivity index (χ0) is 20.1. The minimum atomic E-state index is -1.23. The normalized spacial score (nSPS) is 52.9. The predicted molar refractivity (Wildman–Crippen MR) is 107 cm³/mol. The smallest absolute Gasteiger partial charge is 0.192 e. The summed E-state index contributed by atoms with van der Waals surface area (Å²) < 4.78 is 18.4. The molecule has 3 fully saturated rings. The number of hydrogen-bond donors (Lipinski definition) is 1. The summed E-state index contributed by atoms with van der Waals surface area (Å²) in [6.45, 7) is 13.5. The summed E-state index contributed by atoms with van der Waals surface area (Å²) >= 11 is 0. The van der Waals surface area contributed by atoms with E-state index in [1.807, 2.05) is 19.9 Å². The zero-order valence-electron chi connectivity index (χ0n) is 18.2. The lowest BCUT2D eigenvalue weighted by molar-refractivity contribution is -0.289. The highest BCUT2D eigenvalue weighted by Crippen LogP contribution is 2.68. The Balaban J connectivity index is 1.55. The molecule has 2 saturated heterocycles. The number of ether oxygens (including phenoxy) is 3. The van der Waals surface area contributed by atoms with Gasteiger partial charge >= 0.3 is 0 Å². The van der Waals surface area contributed by atoms with Crippen molar-refractivity contribution in [1.82, 2.24) is 0 Å². The predicted octanol–water partition coefficient (Wildman–Crippen LogP) is 4.72. The van der Waals surface area contributed by atoms with Crippen LogP contribution in [0.15, 0.2) is 22.8 Å². The minimum absolute atomic E-state index is 0.0623. The van der Waals surface area contributed by atoms with Gasteiger partial charge in [-0.3, -0.25) is 0 Å². The van der Waals surface area contributed by atoms with Crippen molar-refractivity contribution in [2.75, 3.05) is 0 Å². The molecule has 5 rings (SSSR count). The number of hydrogen-bond acceptors (Lipinski definition) is 4. The first-order valence-electron chi connectivity index (χ1n) is 11.3. The van der Waals surface area contributed by atoms with E-state index in [1.165, 1.54) is 12.8 Å². The molecule has 2 aliphatic carbocycles. The van der Waals surface area contributed by atoms with Crippen molar-refractivity contribution in [2.24, 2.45) is 22.7 Å². The Morgan fingerprint density at radius 3 is 2.39 bits per heavy atom. The molecular formula is C24H36O4. The lowest BCUT2D eigenvalue weighted by Gasteiger charge is -2.57. The molecule has 0 radical (unpaired) electrons. The van der Waals surface area contributed by atoms with E-state index < -0.39 is 5.79 Å². The third-order valence-electron chi connectivity index (χ3n) is 8.89. The largest absolute Gasteiger partial charge is 0.362 e. The molecule has 0 spiro atoms. The van der Waals surface area contributed by atoms with Gasteiger partial charge < -0.3 is 19.3 Å². The van der Waals surface area contributed by atoms with Gasteiger partial charge in [-0.05, 0) is 69.3 Å². The van der Waals surface area contributed by atoms with Crippen molar-refractivity contribution < 1.29 is 19.3 Å². The van der Waals surface area contributed by atoms with Crippen molar-refractivity contribution in [1.29, 1.82) is 0 Å². The van der Waals surface area contributed by atoms with Gasteiger partial charge in [-0.2, -0.15) is 0 Å². The second-order valence-electron chi connectivity index (χ2n) is 10.8. The molecule has 0 aromatic carbocycles. The van der Waals surface area contributed by atoms with Crippen LogP contribution in [0.25, 0.3) is 0 Å². The summed E-state index contributed by atoms with van der Waals surface area (Å²) in [5, 5.41) is 11.7. The maximum absolute atomic E-state index is 11.7. The van der Waals surface area contributed by atoms with Crippen molar-refractivity contribution in [2.45, 2.75) is 104 Å². The van der Waals surface area contributed by atoms with Crippen LogP contribution in [0, 0.1) is 22.7 Å². The minimum Gasteiger partial charge on any atom is -0.362 e. The van der Waals surface area contributed by atoms with Crippen molar-refractivity contribution in [3.63, 3.8) is 0 Å². The average molecular weight is 389 g/mol. The Kier molecular flexibility index (Phi) is 4.09. The molecule has 4 heteroatoms. The van der Waals surface area contributed by atoms with Crippen LogP contribution >= 0.6 is 0 Å². The summed E-state index contributed by atoms with van der Waals surface area (Å²) in [6, 6.07) is 0. The molecule has 28 heavy (non-hydrogen) atoms. The monoisotopic (exact) mass is 388 g/mol. The van der Waals surface area contributed by atoms with Crippen LogP contribution in [0.1, 0.15) is 73.6 Å². The molecule has 4 nitrogen and oxygen atoms in total. The van der Waals surface area contributed by atoms with Gasteiger partial charge in [-0.1, -0.05) is 38.8 Å². The van der Waals surface area contributed by atoms with Crippen molar-refractivity contribution in [3.8, 4) is 0 Å². The quantitative estimate of drug-likeness (QED) is 0.695. The molecule has 0 aromatic heterocycles. The van der Waals surface area contributed by atoms with E-state index in [1.54, 1.807) is 11.1 Å². The van der Waals surface area contributed by atoms with Gasteiger partial charge in [0.15, 0.2) is 12.1 Å². The average Bonchev–Trinajstić information content (AvgIpc) is 3.24. The maximum atomic E-state index is 11.7. The molecule has 1 saturated carbocycles. The van der Waals surface area contributed by atoms with Crippen LogP contribution < -0.4 is 0 Å². The standard InChI is InChI=1S/C24H36O4/c1-13(2)16-7-8-22(5)9-10-23(6)18(20(16)22)11-19-17(12-24(23,25)28-19)21-26-14(3)15(4)27-21/h12-15,18-19,21,25H,7-11H2,1-6H3/t14-,15+,18-,19-,21?,22-,23-,24-/m1/s1. The van der Waals surface area contributed by atoms with E-state index >= 15 is 0 Å². The third kappa shape index (κ3) is 2.38. The molecule has 0 aromatic rings. The van der Waals surface area contributed by atoms with Gasteiger partial charge in [0, 0.05) is 11.0 Å². The molecule has 156 valence electrons. The molecule has 2 bridgehead atoms. The van der Waals surface area contributed by atoms with Crippen molar-refractivity contribution >= 4 is 0 Å². The summed E-state index contributed by atoms with van der Waals surface area (Å²) in [6.07, 6.45) is 7.11. The molecule has 3 heterocycles. The molecular weight excluding hydrogens is 352 g/mol. The van der Waals surface area contributed by atoms with Gasteiger partial charge in [0.1, 0.15) is 0 Å². The first-order chi connectivity index (χ1) is 13.1. The molecule has 1 unspecified atom stereocenters. The summed E-state index contributed by atoms with van der Waals surface area (Å²) in [4.78, 5) is 0. The molecule has 3 aliphatic heterocycles. The van der Waals surface area contributed by atoms with E-state index in [0.29, 0.717) is 17.3 Å². The van der Waals surface area contributed by atoms with Crippen molar-refractivity contribution in [3.05, 3.63) is 22.8 Å². The van der Waals surface area contributed by atoms with Gasteiger partial charge in [0.05, 0.1) is 18.3 Å². The van der Waals surface area contributed by atoms with E-state index in [9.17, 15) is 5.11 Å². The highest BCUT2D eigenvalue weighted by Gasteiger charge is 2.66. The van der Waals surface area contributed by atoms with Crippen LogP contribution in [-0.4, -0.2) is 35.5 Å². The highest BCUT2D eigenvalue weighted by atomic mass is 16.7. The molecule has 0 amide bonds. The van der Waals surface area contributed by atoms with Crippen LogP contribution in [0.5, 0.6) is 0 Å². The van der Waals surface area contributed by atoms with E-state index in [-0.39, 0.29) is 30.0 Å². The zero-order valence-corrected chi connectivity index (χ0v) is 18.2. The third-order valence-corrected chi connectivity index (χ3v) is 8.89. The lowest BCUT2D eigenvalue weighted by Crippen LogP contribution is -2.58. The Bertz CT molecular complexity index is 744. The SMILES string of the molecule is CC(C)C1=C2[C@H]3C[C@H]4O[C@](O)(C=C4C4O[C@@H](C)[C@@H](C)O4)[C@]3(C)CC[C@@]2(C)CC1. The van der Waals surface area contributed by atoms with Gasteiger partial charge in [-0.25, -0.2) is 0 Å². The molecule has 8 atom stereocenters. The Labute approximate surface area is 169 Å². The number of aliphatic hydroxyl groups is 1. The summed E-state index contributed by atoms with van der Waals surface area (Å²) in [5.41, 5.74) is 4.29. The van der Waals surface area contributed by atoms with E-state index in [2.05, 4.69) is 27.7 Å². The fraction of sp³-hybridized carbons (Fsp3) is 0.833. The van der Waals surface area contributed by atoms with Gasteiger partial charge in [-0.15, -0.1) is 0 Å². The topological polar surface area (TPSA) is 47.9 Å². The first-order valence-corrected chi connectivity index (χ1v) is 11.3. The summed E-state index contributed by atoms with van der Waals surface area (Å²) in [7, 11) is 0. The van der Waals surface area contributed by atoms with E-state index in [0.717, 1.165) is 24.8 Å². The highest BCUT2D eigenvalue weighted by molar-refractivity contribution is 5.40. The second-order valence-corrected chi connectivity index (χ2v) is 10.8. The maximum Gasteiger partial charge on any atom is 0.192 e. The van der Waals surface area contributed by atoms with Crippen LogP contribution in [0.2, 0.25) is 0 Å². The van der Waals surface area contributed by atoms with Gasteiger partial charge in [0.2, 0.25) is 0 Å². The number of allylic oxidation sites excluding steroid dienone is 2. The second kappa shape index (κ2) is 5.94. The number of fused-ring (bicyclic) bond motifs is 6. The lowest BCUT2D eigenvalue weighted by atomic mass is 9.52.